The fourth-order valence-corrected chi connectivity index (χ4v) is 1.89. The summed E-state index contributed by atoms with van der Waals surface area (Å²) in [6.45, 7) is -0.0683. The zero-order chi connectivity index (χ0) is 16.1. The molecule has 0 saturated heterocycles. The lowest BCUT2D eigenvalue weighted by Crippen LogP contribution is -2.23. The van der Waals surface area contributed by atoms with Crippen LogP contribution in [0.4, 0.5) is 10.2 Å². The molecular formula is C14H15FN4O3. The average Bonchev–Trinajstić information content (AvgIpc) is 2.91. The monoisotopic (exact) mass is 306 g/mol. The van der Waals surface area contributed by atoms with Crippen molar-refractivity contribution in [1.29, 1.82) is 0 Å². The van der Waals surface area contributed by atoms with Gasteiger partial charge in [-0.15, -0.1) is 0 Å². The van der Waals surface area contributed by atoms with Crippen LogP contribution < -0.4 is 11.1 Å². The highest BCUT2D eigenvalue weighted by Gasteiger charge is 2.22. The molecular weight excluding hydrogens is 291 g/mol. The van der Waals surface area contributed by atoms with Crippen LogP contribution in [-0.2, 0) is 20.9 Å². The van der Waals surface area contributed by atoms with Crippen molar-refractivity contribution >= 4 is 17.7 Å². The number of carbonyl (C=O) groups is 2. The van der Waals surface area contributed by atoms with Gasteiger partial charge < -0.3 is 15.8 Å². The molecule has 116 valence electrons. The summed E-state index contributed by atoms with van der Waals surface area (Å²) in [7, 11) is 1.26. The molecule has 1 aromatic carbocycles. The summed E-state index contributed by atoms with van der Waals surface area (Å²) < 4.78 is 19.1. The van der Waals surface area contributed by atoms with Crippen molar-refractivity contribution < 1.29 is 18.7 Å². The van der Waals surface area contributed by atoms with E-state index in [9.17, 15) is 14.0 Å². The van der Waals surface area contributed by atoms with E-state index in [1.54, 1.807) is 12.3 Å². The normalized spacial score (nSPS) is 11.7. The SMILES string of the molecule is COC(=O)C(Nc1ccn(CC(N)=O)n1)c1ccc(F)cc1. The van der Waals surface area contributed by atoms with Crippen LogP contribution >= 0.6 is 0 Å². The van der Waals surface area contributed by atoms with Gasteiger partial charge in [0.25, 0.3) is 0 Å². The molecule has 2 rings (SSSR count). The Morgan fingerprint density at radius 1 is 1.36 bits per heavy atom. The molecule has 0 aliphatic carbocycles. The summed E-state index contributed by atoms with van der Waals surface area (Å²) in [6, 6.07) is 6.19. The Kier molecular flexibility index (Phi) is 4.72. The van der Waals surface area contributed by atoms with Crippen molar-refractivity contribution in [3.63, 3.8) is 0 Å². The first-order valence-electron chi connectivity index (χ1n) is 6.41. The van der Waals surface area contributed by atoms with E-state index < -0.39 is 23.7 Å². The summed E-state index contributed by atoms with van der Waals surface area (Å²) in [5.41, 5.74) is 5.61. The van der Waals surface area contributed by atoms with E-state index in [4.69, 9.17) is 10.5 Å². The Balaban J connectivity index is 2.20. The minimum atomic E-state index is -0.845. The molecule has 0 saturated carbocycles. The third-order valence-electron chi connectivity index (χ3n) is 2.89. The van der Waals surface area contributed by atoms with Gasteiger partial charge in [-0.25, -0.2) is 9.18 Å². The molecule has 0 spiro atoms. The van der Waals surface area contributed by atoms with E-state index in [0.29, 0.717) is 11.4 Å². The number of rotatable bonds is 6. The highest BCUT2D eigenvalue weighted by molar-refractivity contribution is 5.80. The van der Waals surface area contributed by atoms with Crippen LogP contribution in [0.15, 0.2) is 36.5 Å². The number of anilines is 1. The number of methoxy groups -OCH3 is 1. The minimum absolute atomic E-state index is 0.0683. The lowest BCUT2D eigenvalue weighted by Gasteiger charge is -2.16. The third-order valence-corrected chi connectivity index (χ3v) is 2.89. The number of aromatic nitrogens is 2. The molecule has 1 aromatic heterocycles. The highest BCUT2D eigenvalue weighted by atomic mass is 19.1. The maximum Gasteiger partial charge on any atom is 0.333 e. The van der Waals surface area contributed by atoms with E-state index in [2.05, 4.69) is 10.4 Å². The first kappa shape index (κ1) is 15.5. The summed E-state index contributed by atoms with van der Waals surface area (Å²) >= 11 is 0. The Labute approximate surface area is 125 Å². The van der Waals surface area contributed by atoms with Crippen LogP contribution in [0.5, 0.6) is 0 Å². The van der Waals surface area contributed by atoms with Gasteiger partial charge >= 0.3 is 5.97 Å². The van der Waals surface area contributed by atoms with Crippen molar-refractivity contribution in [3.8, 4) is 0 Å². The second-order valence-corrected chi connectivity index (χ2v) is 4.52. The van der Waals surface area contributed by atoms with Crippen LogP contribution in [0.1, 0.15) is 11.6 Å². The van der Waals surface area contributed by atoms with Gasteiger partial charge in [-0.3, -0.25) is 9.48 Å². The largest absolute Gasteiger partial charge is 0.467 e. The maximum atomic E-state index is 13.0. The second-order valence-electron chi connectivity index (χ2n) is 4.52. The van der Waals surface area contributed by atoms with Crippen molar-refractivity contribution in [1.82, 2.24) is 9.78 Å². The smallest absolute Gasteiger partial charge is 0.333 e. The predicted octanol–water partition coefficient (Wildman–Crippen LogP) is 0.834. The van der Waals surface area contributed by atoms with Crippen LogP contribution in [-0.4, -0.2) is 28.8 Å². The van der Waals surface area contributed by atoms with E-state index in [1.165, 1.54) is 36.1 Å². The molecule has 0 fully saturated rings. The molecule has 0 radical (unpaired) electrons. The number of ether oxygens (including phenoxy) is 1. The van der Waals surface area contributed by atoms with Gasteiger partial charge in [0, 0.05) is 12.3 Å². The van der Waals surface area contributed by atoms with Gasteiger partial charge in [0.1, 0.15) is 18.2 Å². The Bertz CT molecular complexity index is 669. The van der Waals surface area contributed by atoms with Crippen molar-refractivity contribution in [2.75, 3.05) is 12.4 Å². The molecule has 7 nitrogen and oxygen atoms in total. The Morgan fingerprint density at radius 2 is 2.05 bits per heavy atom. The topological polar surface area (TPSA) is 99.2 Å². The van der Waals surface area contributed by atoms with Crippen LogP contribution in [0.25, 0.3) is 0 Å². The summed E-state index contributed by atoms with van der Waals surface area (Å²) in [5.74, 6) is -1.12. The van der Waals surface area contributed by atoms with Crippen molar-refractivity contribution in [3.05, 3.63) is 47.9 Å². The summed E-state index contributed by atoms with van der Waals surface area (Å²) in [6.07, 6.45) is 1.55. The fraction of sp³-hybridized carbons (Fsp3) is 0.214. The van der Waals surface area contributed by atoms with E-state index in [-0.39, 0.29) is 6.54 Å². The van der Waals surface area contributed by atoms with Crippen LogP contribution in [0, 0.1) is 5.82 Å². The molecule has 3 N–H and O–H groups in total. The molecule has 0 aliphatic rings. The van der Waals surface area contributed by atoms with Gasteiger partial charge in [0.2, 0.25) is 5.91 Å². The van der Waals surface area contributed by atoms with Crippen molar-refractivity contribution in [2.45, 2.75) is 12.6 Å². The highest BCUT2D eigenvalue weighted by Crippen LogP contribution is 2.20. The van der Waals surface area contributed by atoms with E-state index in [1.807, 2.05) is 0 Å². The van der Waals surface area contributed by atoms with Gasteiger partial charge in [-0.05, 0) is 17.7 Å². The lowest BCUT2D eigenvalue weighted by atomic mass is 10.1. The van der Waals surface area contributed by atoms with Gasteiger partial charge in [-0.1, -0.05) is 12.1 Å². The number of nitrogens with zero attached hydrogens (tertiary/aromatic N) is 2. The molecule has 22 heavy (non-hydrogen) atoms. The number of primary amides is 1. The second kappa shape index (κ2) is 6.70. The predicted molar refractivity (Wildman–Crippen MR) is 76.2 cm³/mol. The zero-order valence-electron chi connectivity index (χ0n) is 11.8. The number of nitrogens with one attached hydrogen (secondary N) is 1. The number of benzene rings is 1. The number of hydrogen-bond donors (Lipinski definition) is 2. The Morgan fingerprint density at radius 3 is 2.64 bits per heavy atom. The lowest BCUT2D eigenvalue weighted by molar-refractivity contribution is -0.141. The van der Waals surface area contributed by atoms with Gasteiger partial charge in [-0.2, -0.15) is 5.10 Å². The molecule has 0 bridgehead atoms. The Hall–Kier alpha value is -2.90. The summed E-state index contributed by atoms with van der Waals surface area (Å²) in [4.78, 5) is 22.7. The first-order chi connectivity index (χ1) is 10.5. The molecule has 1 heterocycles. The maximum absolute atomic E-state index is 13.0. The number of amides is 1. The molecule has 2 aromatic rings. The molecule has 0 aliphatic heterocycles. The van der Waals surface area contributed by atoms with Crippen LogP contribution in [0.3, 0.4) is 0 Å². The molecule has 1 unspecified atom stereocenters. The van der Waals surface area contributed by atoms with Gasteiger partial charge in [0.15, 0.2) is 6.04 Å². The average molecular weight is 306 g/mol. The van der Waals surface area contributed by atoms with Crippen molar-refractivity contribution in [2.24, 2.45) is 5.73 Å². The molecule has 8 heteroatoms. The number of halogens is 1. The van der Waals surface area contributed by atoms with Crippen LogP contribution in [0.2, 0.25) is 0 Å². The zero-order valence-corrected chi connectivity index (χ0v) is 11.8. The summed E-state index contributed by atoms with van der Waals surface area (Å²) in [5, 5.41) is 6.95. The van der Waals surface area contributed by atoms with E-state index >= 15 is 0 Å². The number of esters is 1. The standard InChI is InChI=1S/C14H15FN4O3/c1-22-14(21)13(9-2-4-10(15)5-3-9)17-12-6-7-19(18-12)8-11(16)20/h2-7,13H,8H2,1H3,(H2,16,20)(H,17,18). The molecule has 1 amide bonds. The van der Waals surface area contributed by atoms with E-state index in [0.717, 1.165) is 0 Å². The fourth-order valence-electron chi connectivity index (χ4n) is 1.89. The number of hydrogen-bond acceptors (Lipinski definition) is 5. The number of carbonyl (C=O) groups excluding carboxylic acids is 2. The van der Waals surface area contributed by atoms with Gasteiger partial charge in [0.05, 0.1) is 7.11 Å². The molecule has 1 atom stereocenters. The first-order valence-corrected chi connectivity index (χ1v) is 6.41. The third kappa shape index (κ3) is 3.81. The number of nitrogens with two attached hydrogens (primary N) is 1. The minimum Gasteiger partial charge on any atom is -0.467 e. The quantitative estimate of drug-likeness (QED) is 0.770.